The van der Waals surface area contributed by atoms with Crippen LogP contribution in [0.2, 0.25) is 0 Å². The van der Waals surface area contributed by atoms with Gasteiger partial charge in [-0.3, -0.25) is 9.59 Å². The molecule has 156 valence electrons. The Balaban J connectivity index is 1.30. The third-order valence-electron chi connectivity index (χ3n) is 5.97. The summed E-state index contributed by atoms with van der Waals surface area (Å²) in [6.07, 6.45) is 5.75. The highest BCUT2D eigenvalue weighted by Gasteiger charge is 2.44. The number of carbonyl (C=O) groups excluding carboxylic acids is 2. The van der Waals surface area contributed by atoms with Crippen LogP contribution in [-0.2, 0) is 26.2 Å². The van der Waals surface area contributed by atoms with Gasteiger partial charge in [-0.25, -0.2) is 4.39 Å². The minimum absolute atomic E-state index is 0.310. The van der Waals surface area contributed by atoms with Crippen LogP contribution in [0.25, 0.3) is 10.9 Å². The number of ether oxygens (including phenoxy) is 1. The lowest BCUT2D eigenvalue weighted by Gasteiger charge is -2.27. The Hall–Kier alpha value is -3.15. The highest BCUT2D eigenvalue weighted by Crippen LogP contribution is 2.42. The van der Waals surface area contributed by atoms with Crippen molar-refractivity contribution in [1.29, 1.82) is 0 Å². The maximum Gasteiger partial charge on any atom is 0.317 e. The molecule has 1 aliphatic carbocycles. The lowest BCUT2D eigenvalue weighted by molar-refractivity contribution is -0.154. The number of rotatable bonds is 7. The average Bonchev–Trinajstić information content (AvgIpc) is 3.41. The van der Waals surface area contributed by atoms with E-state index in [9.17, 15) is 14.0 Å². The fraction of sp³-hybridized carbons (Fsp3) is 0.333. The molecule has 1 saturated carbocycles. The van der Waals surface area contributed by atoms with Crippen LogP contribution in [-0.4, -0.2) is 30.0 Å². The Morgan fingerprint density at radius 2 is 1.80 bits per heavy atom. The standard InChI is InChI=1S/C24H25FN2O3/c25-19-9-7-18(8-10-19)24(12-3-4-13-24)23(29)30-16-22(28)26-14-11-17-15-27-21-6-2-1-5-20(17)21/h1-2,5-10,15,27H,3-4,11-14,16H2,(H,26,28). The molecular formula is C24H25FN2O3. The minimum atomic E-state index is -0.780. The predicted octanol–water partition coefficient (Wildman–Crippen LogP) is 4.02. The third kappa shape index (κ3) is 4.08. The molecule has 1 fully saturated rings. The molecule has 0 saturated heterocycles. The molecule has 0 unspecified atom stereocenters. The average molecular weight is 408 g/mol. The van der Waals surface area contributed by atoms with Gasteiger partial charge >= 0.3 is 5.97 Å². The first-order valence-electron chi connectivity index (χ1n) is 10.3. The number of aromatic nitrogens is 1. The van der Waals surface area contributed by atoms with Gasteiger partial charge in [-0.05, 0) is 48.6 Å². The molecule has 0 radical (unpaired) electrons. The van der Waals surface area contributed by atoms with E-state index in [2.05, 4.69) is 10.3 Å². The Bertz CT molecular complexity index is 1040. The van der Waals surface area contributed by atoms with Crippen molar-refractivity contribution in [3.05, 3.63) is 71.7 Å². The summed E-state index contributed by atoms with van der Waals surface area (Å²) in [6.45, 7) is 0.150. The topological polar surface area (TPSA) is 71.2 Å². The molecule has 2 N–H and O–H groups in total. The molecule has 0 bridgehead atoms. The van der Waals surface area contributed by atoms with Crippen LogP contribution in [0.5, 0.6) is 0 Å². The van der Waals surface area contributed by atoms with Crippen molar-refractivity contribution < 1.29 is 18.7 Å². The Labute approximate surface area is 174 Å². The zero-order valence-corrected chi connectivity index (χ0v) is 16.7. The molecule has 0 spiro atoms. The van der Waals surface area contributed by atoms with Gasteiger partial charge in [-0.1, -0.05) is 43.2 Å². The van der Waals surface area contributed by atoms with Gasteiger partial charge in [-0.15, -0.1) is 0 Å². The zero-order valence-electron chi connectivity index (χ0n) is 16.7. The monoisotopic (exact) mass is 408 g/mol. The normalized spacial score (nSPS) is 15.2. The minimum Gasteiger partial charge on any atom is -0.455 e. The van der Waals surface area contributed by atoms with Gasteiger partial charge in [0.2, 0.25) is 0 Å². The lowest BCUT2D eigenvalue weighted by Crippen LogP contribution is -2.38. The van der Waals surface area contributed by atoms with Gasteiger partial charge < -0.3 is 15.0 Å². The largest absolute Gasteiger partial charge is 0.455 e. The van der Waals surface area contributed by atoms with E-state index in [1.807, 2.05) is 30.5 Å². The highest BCUT2D eigenvalue weighted by atomic mass is 19.1. The molecule has 30 heavy (non-hydrogen) atoms. The molecule has 1 aliphatic rings. The fourth-order valence-corrected chi connectivity index (χ4v) is 4.35. The molecule has 3 aromatic rings. The number of aromatic amines is 1. The number of carbonyl (C=O) groups is 2. The summed E-state index contributed by atoms with van der Waals surface area (Å²) < 4.78 is 18.7. The number of H-pyrrole nitrogens is 1. The van der Waals surface area contributed by atoms with Crippen LogP contribution in [0.1, 0.15) is 36.8 Å². The Morgan fingerprint density at radius 1 is 1.07 bits per heavy atom. The molecule has 0 aliphatic heterocycles. The number of hydrogen-bond acceptors (Lipinski definition) is 3. The quantitative estimate of drug-likeness (QED) is 0.580. The van der Waals surface area contributed by atoms with E-state index in [1.165, 1.54) is 12.1 Å². The van der Waals surface area contributed by atoms with E-state index >= 15 is 0 Å². The third-order valence-corrected chi connectivity index (χ3v) is 5.97. The first-order valence-corrected chi connectivity index (χ1v) is 10.3. The van der Waals surface area contributed by atoms with E-state index < -0.39 is 11.4 Å². The van der Waals surface area contributed by atoms with Crippen molar-refractivity contribution in [3.63, 3.8) is 0 Å². The maximum absolute atomic E-state index is 13.3. The molecule has 1 heterocycles. The van der Waals surface area contributed by atoms with E-state index in [4.69, 9.17) is 4.74 Å². The zero-order chi connectivity index (χ0) is 21.0. The van der Waals surface area contributed by atoms with Crippen LogP contribution in [0, 0.1) is 5.82 Å². The van der Waals surface area contributed by atoms with Crippen LogP contribution >= 0.6 is 0 Å². The van der Waals surface area contributed by atoms with Crippen molar-refractivity contribution in [2.75, 3.05) is 13.2 Å². The number of fused-ring (bicyclic) bond motifs is 1. The summed E-state index contributed by atoms with van der Waals surface area (Å²) in [6, 6.07) is 14.0. The van der Waals surface area contributed by atoms with Crippen LogP contribution < -0.4 is 5.32 Å². The van der Waals surface area contributed by atoms with Crippen molar-refractivity contribution in [1.82, 2.24) is 10.3 Å². The number of amides is 1. The van der Waals surface area contributed by atoms with Gasteiger partial charge in [0.15, 0.2) is 6.61 Å². The van der Waals surface area contributed by atoms with Gasteiger partial charge in [0.05, 0.1) is 5.41 Å². The van der Waals surface area contributed by atoms with Gasteiger partial charge in [0, 0.05) is 23.6 Å². The van der Waals surface area contributed by atoms with Crippen molar-refractivity contribution in [2.45, 2.75) is 37.5 Å². The lowest BCUT2D eigenvalue weighted by atomic mass is 9.79. The number of para-hydroxylation sites is 1. The van der Waals surface area contributed by atoms with Crippen molar-refractivity contribution in [3.8, 4) is 0 Å². The number of hydrogen-bond donors (Lipinski definition) is 2. The highest BCUT2D eigenvalue weighted by molar-refractivity contribution is 5.87. The summed E-state index contributed by atoms with van der Waals surface area (Å²) in [5.74, 6) is -1.07. The van der Waals surface area contributed by atoms with E-state index in [1.54, 1.807) is 12.1 Å². The van der Waals surface area contributed by atoms with Gasteiger partial charge in [0.1, 0.15) is 5.82 Å². The molecule has 5 nitrogen and oxygen atoms in total. The molecule has 4 rings (SSSR count). The smallest absolute Gasteiger partial charge is 0.317 e. The Morgan fingerprint density at radius 3 is 2.57 bits per heavy atom. The predicted molar refractivity (Wildman–Crippen MR) is 113 cm³/mol. The molecule has 6 heteroatoms. The second kappa shape index (κ2) is 8.69. The summed E-state index contributed by atoms with van der Waals surface area (Å²) in [5.41, 5.74) is 2.17. The number of nitrogens with one attached hydrogen (secondary N) is 2. The molecular weight excluding hydrogens is 383 g/mol. The van der Waals surface area contributed by atoms with E-state index in [0.717, 1.165) is 34.9 Å². The number of halogens is 1. The molecule has 1 amide bonds. The summed E-state index contributed by atoms with van der Waals surface area (Å²) in [4.78, 5) is 28.3. The first kappa shape index (κ1) is 20.1. The number of benzene rings is 2. The summed E-state index contributed by atoms with van der Waals surface area (Å²) in [5, 5.41) is 3.95. The molecule has 2 aromatic carbocycles. The van der Waals surface area contributed by atoms with Crippen molar-refractivity contribution >= 4 is 22.8 Å². The maximum atomic E-state index is 13.3. The van der Waals surface area contributed by atoms with E-state index in [-0.39, 0.29) is 18.3 Å². The van der Waals surface area contributed by atoms with Gasteiger partial charge in [0.25, 0.3) is 5.91 Å². The number of esters is 1. The SMILES string of the molecule is O=C(COC(=O)C1(c2ccc(F)cc2)CCCC1)NCCc1c[nH]c2ccccc12. The second-order valence-corrected chi connectivity index (χ2v) is 7.83. The second-order valence-electron chi connectivity index (χ2n) is 7.83. The summed E-state index contributed by atoms with van der Waals surface area (Å²) in [7, 11) is 0. The van der Waals surface area contributed by atoms with Gasteiger partial charge in [-0.2, -0.15) is 0 Å². The molecule has 1 aromatic heterocycles. The van der Waals surface area contributed by atoms with Crippen LogP contribution in [0.4, 0.5) is 4.39 Å². The Kier molecular flexibility index (Phi) is 5.84. The fourth-order valence-electron chi connectivity index (χ4n) is 4.35. The molecule has 0 atom stereocenters. The summed E-state index contributed by atoms with van der Waals surface area (Å²) >= 11 is 0. The van der Waals surface area contributed by atoms with Crippen LogP contribution in [0.3, 0.4) is 0 Å². The van der Waals surface area contributed by atoms with Crippen LogP contribution in [0.15, 0.2) is 54.7 Å². The van der Waals surface area contributed by atoms with Crippen molar-refractivity contribution in [2.24, 2.45) is 0 Å². The van der Waals surface area contributed by atoms with E-state index in [0.29, 0.717) is 25.8 Å². The first-order chi connectivity index (χ1) is 14.6.